The third-order valence-corrected chi connectivity index (χ3v) is 7.12. The van der Waals surface area contributed by atoms with Crippen LogP contribution in [0.3, 0.4) is 0 Å². The fraction of sp³-hybridized carbons (Fsp3) is 0.370. The molecule has 0 saturated carbocycles. The normalized spacial score (nSPS) is 14.9. The largest absolute Gasteiger partial charge is 0.364 e. The van der Waals surface area contributed by atoms with Crippen molar-refractivity contribution in [3.05, 3.63) is 65.2 Å². The smallest absolute Gasteiger partial charge is 0.216 e. The van der Waals surface area contributed by atoms with Gasteiger partial charge in [-0.15, -0.1) is 5.10 Å². The number of aryl methyl sites for hydroxylation is 1. The Morgan fingerprint density at radius 1 is 1.06 bits per heavy atom. The lowest BCUT2D eigenvalue weighted by Crippen LogP contribution is -2.46. The number of fused-ring (bicyclic) bond motifs is 1. The van der Waals surface area contributed by atoms with Crippen molar-refractivity contribution in [1.82, 2.24) is 19.5 Å². The van der Waals surface area contributed by atoms with Gasteiger partial charge < -0.3 is 10.2 Å². The van der Waals surface area contributed by atoms with Crippen LogP contribution >= 0.6 is 11.3 Å². The monoisotopic (exact) mass is 485 g/mol. The first-order valence-electron chi connectivity index (χ1n) is 12.0. The highest BCUT2D eigenvalue weighted by Gasteiger charge is 2.25. The number of hydrogen-bond donors (Lipinski definition) is 1. The van der Waals surface area contributed by atoms with E-state index < -0.39 is 0 Å². The average Bonchev–Trinajstić information content (AvgIpc) is 3.38. The van der Waals surface area contributed by atoms with Gasteiger partial charge in [0.05, 0.1) is 11.6 Å². The zero-order valence-electron chi connectivity index (χ0n) is 20.7. The number of hydrogen-bond acceptors (Lipinski definition) is 7. The number of aromatic nitrogens is 3. The van der Waals surface area contributed by atoms with Crippen LogP contribution in [0.25, 0.3) is 16.2 Å². The van der Waals surface area contributed by atoms with E-state index in [0.717, 1.165) is 71.0 Å². The van der Waals surface area contributed by atoms with Gasteiger partial charge in [-0.2, -0.15) is 9.78 Å². The summed E-state index contributed by atoms with van der Waals surface area (Å²) in [7, 11) is 0. The van der Waals surface area contributed by atoms with E-state index in [1.165, 1.54) is 5.56 Å². The average molecular weight is 486 g/mol. The summed E-state index contributed by atoms with van der Waals surface area (Å²) in [4.78, 5) is 10.7. The molecule has 2 aromatic heterocycles. The van der Waals surface area contributed by atoms with Crippen molar-refractivity contribution >= 4 is 27.2 Å². The molecule has 0 unspecified atom stereocenters. The van der Waals surface area contributed by atoms with E-state index in [0.29, 0.717) is 0 Å². The Bertz CT molecular complexity index is 1380. The Balaban J connectivity index is 1.37. The van der Waals surface area contributed by atoms with Crippen LogP contribution in [0.5, 0.6) is 0 Å². The van der Waals surface area contributed by atoms with E-state index in [1.807, 2.05) is 22.7 Å². The molecule has 1 saturated heterocycles. The Kier molecular flexibility index (Phi) is 6.22. The zero-order chi connectivity index (χ0) is 24.6. The summed E-state index contributed by atoms with van der Waals surface area (Å²) >= 11 is 1.64. The predicted octanol–water partition coefficient (Wildman–Crippen LogP) is 5.17. The van der Waals surface area contributed by atoms with Gasteiger partial charge in [0, 0.05) is 43.8 Å². The van der Waals surface area contributed by atoms with Gasteiger partial charge in [-0.05, 0) is 45.4 Å². The van der Waals surface area contributed by atoms with Crippen molar-refractivity contribution in [1.29, 1.82) is 5.26 Å². The van der Waals surface area contributed by atoms with Crippen LogP contribution in [-0.4, -0.2) is 51.2 Å². The Morgan fingerprint density at radius 2 is 1.83 bits per heavy atom. The maximum Gasteiger partial charge on any atom is 0.216 e. The highest BCUT2D eigenvalue weighted by Crippen LogP contribution is 2.35. The van der Waals surface area contributed by atoms with Crippen molar-refractivity contribution in [2.45, 2.75) is 39.8 Å². The van der Waals surface area contributed by atoms with Crippen molar-refractivity contribution in [2.24, 2.45) is 0 Å². The molecule has 2 aromatic carbocycles. The standard InChI is InChI=1S/C27H31N7S/c1-19-8-7-11-20(16-19)23-24(30-27(2,3)4)34-25(29-23)35-26(31-34)33-14-12-32(13-15-33)18-22-10-6-5-9-21(22)17-28/h5-11,16,30H,12-15,18H2,1-4H3. The van der Waals surface area contributed by atoms with E-state index in [-0.39, 0.29) is 5.54 Å². The predicted molar refractivity (Wildman–Crippen MR) is 143 cm³/mol. The lowest BCUT2D eigenvalue weighted by atomic mass is 10.1. The Morgan fingerprint density at radius 3 is 2.54 bits per heavy atom. The van der Waals surface area contributed by atoms with Gasteiger partial charge in [-0.3, -0.25) is 4.90 Å². The number of imidazole rings is 1. The summed E-state index contributed by atoms with van der Waals surface area (Å²) in [5.41, 5.74) is 4.99. The summed E-state index contributed by atoms with van der Waals surface area (Å²) in [6, 6.07) is 18.6. The van der Waals surface area contributed by atoms with Gasteiger partial charge in [0.1, 0.15) is 5.69 Å². The molecule has 4 aromatic rings. The molecule has 0 spiro atoms. The molecule has 0 atom stereocenters. The van der Waals surface area contributed by atoms with E-state index >= 15 is 0 Å². The van der Waals surface area contributed by atoms with Crippen molar-refractivity contribution in [3.63, 3.8) is 0 Å². The highest BCUT2D eigenvalue weighted by molar-refractivity contribution is 7.20. The first kappa shape index (κ1) is 23.3. The highest BCUT2D eigenvalue weighted by atomic mass is 32.1. The fourth-order valence-corrected chi connectivity index (χ4v) is 5.39. The molecule has 1 fully saturated rings. The van der Waals surface area contributed by atoms with Crippen LogP contribution in [0.2, 0.25) is 0 Å². The molecule has 5 rings (SSSR count). The molecule has 8 heteroatoms. The van der Waals surface area contributed by atoms with Gasteiger partial charge in [-0.25, -0.2) is 4.98 Å². The summed E-state index contributed by atoms with van der Waals surface area (Å²) in [5.74, 6) is 0.937. The molecule has 1 aliphatic heterocycles. The second-order valence-corrected chi connectivity index (χ2v) is 11.1. The minimum Gasteiger partial charge on any atom is -0.364 e. The Hall–Kier alpha value is -3.41. The number of nitrogens with one attached hydrogen (secondary N) is 1. The first-order valence-corrected chi connectivity index (χ1v) is 12.8. The van der Waals surface area contributed by atoms with Crippen LogP contribution in [0.1, 0.15) is 37.5 Å². The van der Waals surface area contributed by atoms with Crippen molar-refractivity contribution in [2.75, 3.05) is 36.4 Å². The van der Waals surface area contributed by atoms with Crippen LogP contribution in [0.15, 0.2) is 48.5 Å². The number of rotatable bonds is 5. The molecule has 35 heavy (non-hydrogen) atoms. The zero-order valence-corrected chi connectivity index (χ0v) is 21.6. The molecule has 1 aliphatic rings. The molecule has 7 nitrogen and oxygen atoms in total. The first-order chi connectivity index (χ1) is 16.8. The molecule has 0 bridgehead atoms. The maximum absolute atomic E-state index is 9.39. The fourth-order valence-electron chi connectivity index (χ4n) is 4.43. The van der Waals surface area contributed by atoms with Crippen molar-refractivity contribution in [3.8, 4) is 17.3 Å². The summed E-state index contributed by atoms with van der Waals surface area (Å²) in [5, 5.41) is 19.0. The van der Waals surface area contributed by atoms with Crippen molar-refractivity contribution < 1.29 is 0 Å². The summed E-state index contributed by atoms with van der Waals surface area (Å²) < 4.78 is 1.97. The third kappa shape index (κ3) is 5.02. The Labute approximate surface area is 210 Å². The van der Waals surface area contributed by atoms with E-state index in [1.54, 1.807) is 11.3 Å². The minimum atomic E-state index is -0.121. The molecule has 1 N–H and O–H groups in total. The second-order valence-electron chi connectivity index (χ2n) is 10.2. The quantitative estimate of drug-likeness (QED) is 0.420. The van der Waals surface area contributed by atoms with Crippen LogP contribution < -0.4 is 10.2 Å². The lowest BCUT2D eigenvalue weighted by molar-refractivity contribution is 0.249. The SMILES string of the molecule is Cc1cccc(-c2nc3sc(N4CCN(Cc5ccccc5C#N)CC4)nn3c2NC(C)(C)C)c1. The molecule has 0 amide bonds. The number of benzene rings is 2. The number of piperazine rings is 1. The van der Waals surface area contributed by atoms with Gasteiger partial charge >= 0.3 is 0 Å². The van der Waals surface area contributed by atoms with Gasteiger partial charge in [0.25, 0.3) is 0 Å². The van der Waals surface area contributed by atoms with Gasteiger partial charge in [0.15, 0.2) is 5.82 Å². The second kappa shape index (κ2) is 9.33. The molecule has 0 aliphatic carbocycles. The number of nitriles is 1. The minimum absolute atomic E-state index is 0.121. The van der Waals surface area contributed by atoms with E-state index in [2.05, 4.69) is 79.2 Å². The summed E-state index contributed by atoms with van der Waals surface area (Å²) in [6.07, 6.45) is 0. The molecule has 3 heterocycles. The molecule has 180 valence electrons. The number of anilines is 2. The van der Waals surface area contributed by atoms with Gasteiger partial charge in [0.2, 0.25) is 10.1 Å². The summed E-state index contributed by atoms with van der Waals surface area (Å²) in [6.45, 7) is 13.0. The number of nitrogens with zero attached hydrogens (tertiary/aromatic N) is 6. The van der Waals surface area contributed by atoms with Crippen LogP contribution in [0.4, 0.5) is 10.9 Å². The van der Waals surface area contributed by atoms with E-state index in [9.17, 15) is 5.26 Å². The molecular weight excluding hydrogens is 454 g/mol. The third-order valence-electron chi connectivity index (χ3n) is 6.15. The lowest BCUT2D eigenvalue weighted by Gasteiger charge is -2.34. The molecular formula is C27H31N7S. The van der Waals surface area contributed by atoms with Crippen LogP contribution in [-0.2, 0) is 6.54 Å². The van der Waals surface area contributed by atoms with Gasteiger partial charge in [-0.1, -0.05) is 53.3 Å². The molecule has 0 radical (unpaired) electrons. The maximum atomic E-state index is 9.39. The topological polar surface area (TPSA) is 72.5 Å². The van der Waals surface area contributed by atoms with Crippen LogP contribution in [0, 0.1) is 18.3 Å². The van der Waals surface area contributed by atoms with E-state index in [4.69, 9.17) is 10.1 Å².